The molecule has 0 saturated carbocycles. The van der Waals surface area contributed by atoms with Crippen LogP contribution in [0.4, 0.5) is 0 Å². The van der Waals surface area contributed by atoms with Crippen LogP contribution in [0.5, 0.6) is 5.75 Å². The van der Waals surface area contributed by atoms with E-state index in [1.165, 1.54) is 7.11 Å². The molecular formula is C13H19BrN2O2. The first-order valence-corrected chi connectivity index (χ1v) is 7.05. The standard InChI is InChI=1S/C13H19BrN2O2/c1-9(2)6-10(7-14)16-13(17)11-4-5-15-8-12(11)18-3/h4-5,8-10H,6-7H2,1-3H3,(H,16,17). The van der Waals surface area contributed by atoms with Gasteiger partial charge >= 0.3 is 0 Å². The highest BCUT2D eigenvalue weighted by molar-refractivity contribution is 9.09. The zero-order valence-electron chi connectivity index (χ0n) is 10.9. The van der Waals surface area contributed by atoms with Gasteiger partial charge in [-0.15, -0.1) is 0 Å². The Kier molecular flexibility index (Phi) is 6.12. The van der Waals surface area contributed by atoms with E-state index in [2.05, 4.69) is 40.1 Å². The van der Waals surface area contributed by atoms with Crippen LogP contribution in [0.1, 0.15) is 30.6 Å². The molecule has 1 unspecified atom stereocenters. The number of hydrogen-bond donors (Lipinski definition) is 1. The molecule has 0 radical (unpaired) electrons. The van der Waals surface area contributed by atoms with E-state index in [1.807, 2.05) is 0 Å². The molecule has 1 N–H and O–H groups in total. The number of alkyl halides is 1. The molecule has 0 aliphatic heterocycles. The Bertz CT molecular complexity index is 396. The van der Waals surface area contributed by atoms with E-state index in [1.54, 1.807) is 18.5 Å². The van der Waals surface area contributed by atoms with Gasteiger partial charge < -0.3 is 10.1 Å². The van der Waals surface area contributed by atoms with Gasteiger partial charge in [0.15, 0.2) is 0 Å². The monoisotopic (exact) mass is 314 g/mol. The van der Waals surface area contributed by atoms with Crippen molar-refractivity contribution in [2.75, 3.05) is 12.4 Å². The number of hydrogen-bond acceptors (Lipinski definition) is 3. The lowest BCUT2D eigenvalue weighted by molar-refractivity contribution is 0.0934. The Morgan fingerprint density at radius 2 is 2.28 bits per heavy atom. The maximum Gasteiger partial charge on any atom is 0.255 e. The lowest BCUT2D eigenvalue weighted by Crippen LogP contribution is -2.37. The molecule has 1 atom stereocenters. The van der Waals surface area contributed by atoms with Gasteiger partial charge in [0.05, 0.1) is 18.9 Å². The molecule has 1 aromatic rings. The van der Waals surface area contributed by atoms with Crippen molar-refractivity contribution < 1.29 is 9.53 Å². The Labute approximate surface area is 116 Å². The number of ether oxygens (including phenoxy) is 1. The van der Waals surface area contributed by atoms with E-state index in [0.29, 0.717) is 17.2 Å². The van der Waals surface area contributed by atoms with Gasteiger partial charge in [0, 0.05) is 17.6 Å². The minimum absolute atomic E-state index is 0.121. The highest BCUT2D eigenvalue weighted by Crippen LogP contribution is 2.16. The van der Waals surface area contributed by atoms with Gasteiger partial charge in [0.2, 0.25) is 0 Å². The van der Waals surface area contributed by atoms with Crippen LogP contribution >= 0.6 is 15.9 Å². The first kappa shape index (κ1) is 15.0. The largest absolute Gasteiger partial charge is 0.494 e. The molecule has 0 aromatic carbocycles. The van der Waals surface area contributed by atoms with Crippen molar-refractivity contribution >= 4 is 21.8 Å². The van der Waals surface area contributed by atoms with Crippen LogP contribution in [0.25, 0.3) is 0 Å². The molecule has 0 bridgehead atoms. The van der Waals surface area contributed by atoms with E-state index >= 15 is 0 Å². The van der Waals surface area contributed by atoms with Crippen molar-refractivity contribution in [3.63, 3.8) is 0 Å². The molecule has 0 aliphatic carbocycles. The van der Waals surface area contributed by atoms with Crippen LogP contribution < -0.4 is 10.1 Å². The molecular weight excluding hydrogens is 296 g/mol. The van der Waals surface area contributed by atoms with Crippen LogP contribution in [-0.4, -0.2) is 29.4 Å². The smallest absolute Gasteiger partial charge is 0.255 e. The van der Waals surface area contributed by atoms with Crippen LogP contribution in [0.2, 0.25) is 0 Å². The highest BCUT2D eigenvalue weighted by atomic mass is 79.9. The van der Waals surface area contributed by atoms with Crippen molar-refractivity contribution in [3.8, 4) is 5.75 Å². The molecule has 4 nitrogen and oxygen atoms in total. The van der Waals surface area contributed by atoms with Gasteiger partial charge in [-0.25, -0.2) is 0 Å². The predicted molar refractivity (Wildman–Crippen MR) is 75.3 cm³/mol. The molecule has 0 spiro atoms. The number of rotatable bonds is 6. The van der Waals surface area contributed by atoms with Gasteiger partial charge in [-0.1, -0.05) is 29.8 Å². The number of carbonyl (C=O) groups excluding carboxylic acids is 1. The summed E-state index contributed by atoms with van der Waals surface area (Å²) in [6.45, 7) is 4.27. The summed E-state index contributed by atoms with van der Waals surface area (Å²) in [4.78, 5) is 16.1. The summed E-state index contributed by atoms with van der Waals surface area (Å²) in [6, 6.07) is 1.78. The fraction of sp³-hybridized carbons (Fsp3) is 0.538. The van der Waals surface area contributed by atoms with Crippen molar-refractivity contribution in [1.82, 2.24) is 10.3 Å². The van der Waals surface area contributed by atoms with Gasteiger partial charge in [-0.05, 0) is 18.4 Å². The fourth-order valence-electron chi connectivity index (χ4n) is 1.72. The molecule has 100 valence electrons. The van der Waals surface area contributed by atoms with Gasteiger partial charge in [0.25, 0.3) is 5.91 Å². The zero-order chi connectivity index (χ0) is 13.5. The molecule has 18 heavy (non-hydrogen) atoms. The van der Waals surface area contributed by atoms with Crippen molar-refractivity contribution in [3.05, 3.63) is 24.0 Å². The predicted octanol–water partition coefficient (Wildman–Crippen LogP) is 2.63. The normalized spacial score (nSPS) is 12.3. The van der Waals surface area contributed by atoms with Gasteiger partial charge in [-0.2, -0.15) is 0 Å². The van der Waals surface area contributed by atoms with Crippen molar-refractivity contribution in [2.24, 2.45) is 5.92 Å². The van der Waals surface area contributed by atoms with Crippen LogP contribution in [0, 0.1) is 5.92 Å². The minimum Gasteiger partial charge on any atom is -0.494 e. The number of methoxy groups -OCH3 is 1. The first-order valence-electron chi connectivity index (χ1n) is 5.93. The molecule has 0 saturated heterocycles. The highest BCUT2D eigenvalue weighted by Gasteiger charge is 2.17. The lowest BCUT2D eigenvalue weighted by atomic mass is 10.0. The lowest BCUT2D eigenvalue weighted by Gasteiger charge is -2.18. The maximum absolute atomic E-state index is 12.1. The summed E-state index contributed by atoms with van der Waals surface area (Å²) >= 11 is 3.42. The number of nitrogens with zero attached hydrogens (tertiary/aromatic N) is 1. The zero-order valence-corrected chi connectivity index (χ0v) is 12.5. The Morgan fingerprint density at radius 1 is 1.56 bits per heavy atom. The molecule has 1 aromatic heterocycles. The topological polar surface area (TPSA) is 51.2 Å². The van der Waals surface area contributed by atoms with Gasteiger partial charge in [-0.3, -0.25) is 9.78 Å². The molecule has 0 fully saturated rings. The molecule has 1 heterocycles. The Hall–Kier alpha value is -1.10. The third kappa shape index (κ3) is 4.29. The summed E-state index contributed by atoms with van der Waals surface area (Å²) in [5, 5.41) is 3.74. The van der Waals surface area contributed by atoms with Crippen LogP contribution in [0.15, 0.2) is 18.5 Å². The summed E-state index contributed by atoms with van der Waals surface area (Å²) in [7, 11) is 1.53. The van der Waals surface area contributed by atoms with E-state index in [0.717, 1.165) is 11.8 Å². The van der Waals surface area contributed by atoms with E-state index < -0.39 is 0 Å². The van der Waals surface area contributed by atoms with Crippen LogP contribution in [-0.2, 0) is 0 Å². The summed E-state index contributed by atoms with van der Waals surface area (Å²) < 4.78 is 5.13. The second-order valence-corrected chi connectivity index (χ2v) is 5.18. The number of aromatic nitrogens is 1. The number of carbonyl (C=O) groups is 1. The summed E-state index contributed by atoms with van der Waals surface area (Å²) in [6.07, 6.45) is 4.06. The van der Waals surface area contributed by atoms with E-state index in [9.17, 15) is 4.79 Å². The molecule has 1 amide bonds. The average molecular weight is 315 g/mol. The number of pyridine rings is 1. The quantitative estimate of drug-likeness (QED) is 0.821. The number of nitrogens with one attached hydrogen (secondary N) is 1. The van der Waals surface area contributed by atoms with E-state index in [4.69, 9.17) is 4.74 Å². The average Bonchev–Trinajstić information content (AvgIpc) is 2.37. The van der Waals surface area contributed by atoms with E-state index in [-0.39, 0.29) is 11.9 Å². The summed E-state index contributed by atoms with van der Waals surface area (Å²) in [5.41, 5.74) is 0.516. The summed E-state index contributed by atoms with van der Waals surface area (Å²) in [5.74, 6) is 0.902. The molecule has 5 heteroatoms. The molecule has 0 aliphatic rings. The SMILES string of the molecule is COc1cnccc1C(=O)NC(CBr)CC(C)C. The van der Waals surface area contributed by atoms with Crippen LogP contribution in [0.3, 0.4) is 0 Å². The third-order valence-electron chi connectivity index (χ3n) is 2.53. The van der Waals surface area contributed by atoms with Gasteiger partial charge in [0.1, 0.15) is 5.75 Å². The second kappa shape index (κ2) is 7.36. The Morgan fingerprint density at radius 3 is 2.83 bits per heavy atom. The Balaban J connectivity index is 2.74. The molecule has 1 rings (SSSR count). The third-order valence-corrected chi connectivity index (χ3v) is 3.31. The van der Waals surface area contributed by atoms with Crippen molar-refractivity contribution in [1.29, 1.82) is 0 Å². The second-order valence-electron chi connectivity index (χ2n) is 4.53. The first-order chi connectivity index (χ1) is 8.58. The van der Waals surface area contributed by atoms with Crippen molar-refractivity contribution in [2.45, 2.75) is 26.3 Å². The minimum atomic E-state index is -0.126. The number of halogens is 1. The maximum atomic E-state index is 12.1. The fourth-order valence-corrected chi connectivity index (χ4v) is 2.15. The number of amides is 1.